The van der Waals surface area contributed by atoms with Crippen molar-refractivity contribution in [3.63, 3.8) is 0 Å². The maximum Gasteiger partial charge on any atom is 0.242 e. The summed E-state index contributed by atoms with van der Waals surface area (Å²) in [6, 6.07) is 5.92. The Morgan fingerprint density at radius 1 is 1.05 bits per heavy atom. The minimum absolute atomic E-state index is 0.207. The minimum Gasteiger partial charge on any atom is -0.493 e. The summed E-state index contributed by atoms with van der Waals surface area (Å²) >= 11 is 0. The summed E-state index contributed by atoms with van der Waals surface area (Å²) in [4.78, 5) is 48.9. The second-order valence-electron chi connectivity index (χ2n) is 10.3. The number of hydrogen-bond acceptors (Lipinski definition) is 8. The van der Waals surface area contributed by atoms with Gasteiger partial charge in [0.1, 0.15) is 6.04 Å². The lowest BCUT2D eigenvalue weighted by Gasteiger charge is -2.19. The molecule has 0 saturated carbocycles. The van der Waals surface area contributed by atoms with Crippen LogP contribution < -0.4 is 40.9 Å². The molecule has 3 amide bonds. The Kier molecular flexibility index (Phi) is 11.0. The van der Waals surface area contributed by atoms with Crippen molar-refractivity contribution in [1.29, 1.82) is 0 Å². The molecule has 2 atom stereocenters. The van der Waals surface area contributed by atoms with E-state index in [1.165, 1.54) is 20.1 Å². The van der Waals surface area contributed by atoms with Crippen molar-refractivity contribution in [3.05, 3.63) is 45.6 Å². The SMILES string of the molecule is COc1cc2c(c(OC)c1OC)-c1ccc(NCCNC(=O)[C@H](CC(C)C)NC=O)c(=O)cc1[C@@H](NC(C)=O)CC2. The van der Waals surface area contributed by atoms with Gasteiger partial charge in [-0.15, -0.1) is 0 Å². The molecule has 0 bridgehead atoms. The molecule has 0 unspecified atom stereocenters. The van der Waals surface area contributed by atoms with Crippen molar-refractivity contribution >= 4 is 23.9 Å². The van der Waals surface area contributed by atoms with Crippen LogP contribution in [0.3, 0.4) is 0 Å². The van der Waals surface area contributed by atoms with E-state index in [9.17, 15) is 19.2 Å². The predicted molar refractivity (Wildman–Crippen MR) is 157 cm³/mol. The topological polar surface area (TPSA) is 144 Å². The Morgan fingerprint density at radius 2 is 1.78 bits per heavy atom. The lowest BCUT2D eigenvalue weighted by molar-refractivity contribution is -0.125. The van der Waals surface area contributed by atoms with E-state index >= 15 is 0 Å². The number of carbonyl (C=O) groups is 3. The summed E-state index contributed by atoms with van der Waals surface area (Å²) < 4.78 is 17.0. The third-order valence-electron chi connectivity index (χ3n) is 6.95. The maximum absolute atomic E-state index is 13.4. The van der Waals surface area contributed by atoms with Crippen LogP contribution in [-0.4, -0.2) is 58.7 Å². The Balaban J connectivity index is 1.97. The first-order valence-electron chi connectivity index (χ1n) is 13.6. The van der Waals surface area contributed by atoms with E-state index in [4.69, 9.17) is 14.2 Å². The van der Waals surface area contributed by atoms with Gasteiger partial charge in [0.05, 0.1) is 33.1 Å². The van der Waals surface area contributed by atoms with Crippen LogP contribution in [0.15, 0.2) is 29.1 Å². The van der Waals surface area contributed by atoms with Crippen LogP contribution in [0.25, 0.3) is 11.1 Å². The molecule has 11 heteroatoms. The first-order valence-corrected chi connectivity index (χ1v) is 13.6. The van der Waals surface area contributed by atoms with E-state index in [2.05, 4.69) is 21.3 Å². The average Bonchev–Trinajstić information content (AvgIpc) is 3.17. The monoisotopic (exact) mass is 568 g/mol. The number of carbonyl (C=O) groups excluding carboxylic acids is 3. The van der Waals surface area contributed by atoms with E-state index in [1.54, 1.807) is 20.3 Å². The van der Waals surface area contributed by atoms with Crippen LogP contribution >= 0.6 is 0 Å². The van der Waals surface area contributed by atoms with Crippen molar-refractivity contribution in [2.75, 3.05) is 39.7 Å². The number of fused-ring (bicyclic) bond motifs is 3. The van der Waals surface area contributed by atoms with Crippen molar-refractivity contribution in [1.82, 2.24) is 16.0 Å². The smallest absolute Gasteiger partial charge is 0.242 e. The molecule has 2 aromatic carbocycles. The normalized spacial score (nSPS) is 14.5. The van der Waals surface area contributed by atoms with Crippen molar-refractivity contribution in [3.8, 4) is 28.4 Å². The summed E-state index contributed by atoms with van der Waals surface area (Å²) in [5.74, 6) is 1.16. The number of aryl methyl sites for hydroxylation is 1. The van der Waals surface area contributed by atoms with Gasteiger partial charge in [-0.3, -0.25) is 19.2 Å². The lowest BCUT2D eigenvalue weighted by Crippen LogP contribution is -2.45. The second-order valence-corrected chi connectivity index (χ2v) is 10.3. The summed E-state index contributed by atoms with van der Waals surface area (Å²) in [5.41, 5.74) is 3.15. The van der Waals surface area contributed by atoms with Gasteiger partial charge in [-0.25, -0.2) is 0 Å². The number of hydrogen-bond donors (Lipinski definition) is 4. The van der Waals surface area contributed by atoms with Crippen molar-refractivity contribution in [2.45, 2.75) is 52.1 Å². The Labute approximate surface area is 240 Å². The van der Waals surface area contributed by atoms with Gasteiger partial charge in [0.25, 0.3) is 0 Å². The summed E-state index contributed by atoms with van der Waals surface area (Å²) in [7, 11) is 4.64. The zero-order chi connectivity index (χ0) is 30.1. The molecule has 11 nitrogen and oxygen atoms in total. The van der Waals surface area contributed by atoms with E-state index in [1.807, 2.05) is 26.0 Å². The van der Waals surface area contributed by atoms with E-state index in [0.717, 1.165) is 16.7 Å². The third kappa shape index (κ3) is 7.47. The second kappa shape index (κ2) is 14.4. The predicted octanol–water partition coefficient (Wildman–Crippen LogP) is 2.55. The van der Waals surface area contributed by atoms with Gasteiger partial charge >= 0.3 is 0 Å². The molecular weight excluding hydrogens is 528 g/mol. The lowest BCUT2D eigenvalue weighted by atomic mass is 9.95. The Morgan fingerprint density at radius 3 is 2.39 bits per heavy atom. The highest BCUT2D eigenvalue weighted by atomic mass is 16.5. The minimum atomic E-state index is -0.621. The molecule has 0 aromatic heterocycles. The van der Waals surface area contributed by atoms with Crippen molar-refractivity contribution < 1.29 is 28.6 Å². The fraction of sp³-hybridized carbons (Fsp3) is 0.467. The zero-order valence-corrected chi connectivity index (χ0v) is 24.5. The molecule has 4 N–H and O–H groups in total. The van der Waals surface area contributed by atoms with Crippen molar-refractivity contribution in [2.24, 2.45) is 5.92 Å². The van der Waals surface area contributed by atoms with E-state index < -0.39 is 12.1 Å². The Bertz CT molecular complexity index is 1330. The highest BCUT2D eigenvalue weighted by molar-refractivity contribution is 5.84. The number of nitrogens with one attached hydrogen (secondary N) is 4. The number of methoxy groups -OCH3 is 3. The molecule has 1 aliphatic rings. The van der Waals surface area contributed by atoms with Crippen LogP contribution in [0, 0.1) is 5.92 Å². The van der Waals surface area contributed by atoms with Gasteiger partial charge in [-0.1, -0.05) is 19.9 Å². The summed E-state index contributed by atoms with van der Waals surface area (Å²) in [5, 5.41) is 11.4. The molecule has 0 aliphatic heterocycles. The average molecular weight is 569 g/mol. The number of anilines is 1. The molecular formula is C30H40N4O7. The molecule has 3 rings (SSSR count). The van der Waals surface area contributed by atoms with Gasteiger partial charge in [0.15, 0.2) is 11.5 Å². The van der Waals surface area contributed by atoms with E-state index in [-0.39, 0.29) is 36.3 Å². The molecule has 0 radical (unpaired) electrons. The van der Waals surface area contributed by atoms with Gasteiger partial charge in [0, 0.05) is 25.6 Å². The van der Waals surface area contributed by atoms with Gasteiger partial charge in [0.2, 0.25) is 29.4 Å². The number of amides is 3. The van der Waals surface area contributed by atoms with Crippen LogP contribution in [0.5, 0.6) is 17.2 Å². The zero-order valence-electron chi connectivity index (χ0n) is 24.5. The molecule has 0 heterocycles. The number of rotatable bonds is 13. The van der Waals surface area contributed by atoms with E-state index in [0.29, 0.717) is 54.2 Å². The first kappa shape index (κ1) is 31.3. The molecule has 2 aromatic rings. The van der Waals surface area contributed by atoms with Crippen LogP contribution in [0.2, 0.25) is 0 Å². The van der Waals surface area contributed by atoms with Gasteiger partial charge in [-0.2, -0.15) is 0 Å². The standard InChI is InChI=1S/C30H40N4O7/c1-17(2)13-24(33-16-35)30(38)32-12-11-31-23-10-8-20-21(15-25(23)37)22(34-18(3)36)9-7-19-14-26(39-4)28(40-5)29(41-6)27(19)20/h8,10,14-17,22,24H,7,9,11-13H2,1-6H3,(H,31,37)(H,32,38)(H,33,35)(H,34,36)/t22-,24-/m0/s1. The summed E-state index contributed by atoms with van der Waals surface area (Å²) in [6.45, 7) is 5.92. The highest BCUT2D eigenvalue weighted by Gasteiger charge is 2.29. The first-order chi connectivity index (χ1) is 19.6. The van der Waals surface area contributed by atoms with Crippen LogP contribution in [0.1, 0.15) is 50.8 Å². The van der Waals surface area contributed by atoms with Gasteiger partial charge < -0.3 is 35.5 Å². The molecule has 1 aliphatic carbocycles. The molecule has 0 saturated heterocycles. The molecule has 0 fully saturated rings. The summed E-state index contributed by atoms with van der Waals surface area (Å²) in [6.07, 6.45) is 2.20. The molecule has 0 spiro atoms. The largest absolute Gasteiger partial charge is 0.493 e. The fourth-order valence-electron chi connectivity index (χ4n) is 5.16. The third-order valence-corrected chi connectivity index (χ3v) is 6.95. The molecule has 222 valence electrons. The number of ether oxygens (including phenoxy) is 3. The number of benzene rings is 1. The van der Waals surface area contributed by atoms with Crippen LogP contribution in [-0.2, 0) is 20.8 Å². The Hall–Kier alpha value is -4.28. The maximum atomic E-state index is 13.4. The van der Waals surface area contributed by atoms with Crippen LogP contribution in [0.4, 0.5) is 5.69 Å². The van der Waals surface area contributed by atoms with Gasteiger partial charge in [-0.05, 0) is 60.1 Å². The fourth-order valence-corrected chi connectivity index (χ4v) is 5.16. The molecule has 41 heavy (non-hydrogen) atoms. The quantitative estimate of drug-likeness (QED) is 0.213. The highest BCUT2D eigenvalue weighted by Crippen LogP contribution is 2.50.